The average Bonchev–Trinajstić information content (AvgIpc) is 2.87. The van der Waals surface area contributed by atoms with Crippen molar-refractivity contribution in [3.05, 3.63) is 23.5 Å². The molecule has 144 valence electrons. The van der Waals surface area contributed by atoms with Crippen LogP contribution >= 0.6 is 0 Å². The maximum Gasteiger partial charge on any atom is 0.407 e. The maximum absolute atomic E-state index is 12.8. The smallest absolute Gasteiger partial charge is 0.407 e. The van der Waals surface area contributed by atoms with Gasteiger partial charge in [-0.3, -0.25) is 4.98 Å². The number of pyridine rings is 1. The van der Waals surface area contributed by atoms with E-state index in [1.54, 1.807) is 13.3 Å². The first-order valence-corrected chi connectivity index (χ1v) is 10.00. The lowest BCUT2D eigenvalue weighted by Crippen LogP contribution is -2.50. The Morgan fingerprint density at radius 2 is 2.12 bits per heavy atom. The fourth-order valence-corrected chi connectivity index (χ4v) is 4.79. The first kappa shape index (κ1) is 19.3. The van der Waals surface area contributed by atoms with Gasteiger partial charge in [0.15, 0.2) is 0 Å². The van der Waals surface area contributed by atoms with Gasteiger partial charge in [-0.2, -0.15) is 0 Å². The predicted octanol–water partition coefficient (Wildman–Crippen LogP) is 2.50. The summed E-state index contributed by atoms with van der Waals surface area (Å²) >= 11 is -1.24. The van der Waals surface area contributed by atoms with Gasteiger partial charge in [-0.1, -0.05) is 0 Å². The lowest BCUT2D eigenvalue weighted by atomic mass is 9.73. The number of hydrogen-bond acceptors (Lipinski definition) is 5. The maximum atomic E-state index is 12.8. The molecule has 3 rings (SSSR count). The summed E-state index contributed by atoms with van der Waals surface area (Å²) in [4.78, 5) is 17.3. The zero-order valence-corrected chi connectivity index (χ0v) is 16.6. The number of hydrogen-bond donors (Lipinski definition) is 2. The third-order valence-corrected chi connectivity index (χ3v) is 7.03. The van der Waals surface area contributed by atoms with Gasteiger partial charge in [-0.15, -0.1) is 4.72 Å². The normalized spacial score (nSPS) is 23.0. The molecule has 1 aromatic heterocycles. The van der Waals surface area contributed by atoms with Crippen LogP contribution in [0.1, 0.15) is 50.9 Å². The SMILES string of the molecule is COc1cnc2c(c1)[C@H](N[S@+]([O-])C(C)(C)C)C1(CCN(C(=O)O)CC1)C2. The standard InChI is InChI=1S/C18H27N3O4S/c1-17(2,3)26(24)20-15-13-9-12(25-4)11-19-14(13)10-18(15)5-7-21(8-6-18)16(22)23/h9,11,15,20H,5-8,10H2,1-4H3,(H,22,23)/t15-,26+/m0/s1. The topological polar surface area (TPSA) is 97.8 Å². The molecule has 1 aliphatic carbocycles. The molecule has 1 amide bonds. The third kappa shape index (κ3) is 3.50. The van der Waals surface area contributed by atoms with Gasteiger partial charge in [0, 0.05) is 35.6 Å². The number of piperidine rings is 1. The third-order valence-electron chi connectivity index (χ3n) is 5.47. The zero-order valence-electron chi connectivity index (χ0n) is 15.7. The Labute approximate surface area is 157 Å². The van der Waals surface area contributed by atoms with E-state index in [4.69, 9.17) is 4.74 Å². The van der Waals surface area contributed by atoms with Gasteiger partial charge < -0.3 is 19.3 Å². The molecule has 1 saturated heterocycles. The molecule has 1 fully saturated rings. The van der Waals surface area contributed by atoms with E-state index >= 15 is 0 Å². The summed E-state index contributed by atoms with van der Waals surface area (Å²) in [5, 5.41) is 9.26. The minimum Gasteiger partial charge on any atom is -0.598 e. The number of likely N-dealkylation sites (tertiary alicyclic amines) is 1. The summed E-state index contributed by atoms with van der Waals surface area (Å²) in [6.45, 7) is 6.79. The van der Waals surface area contributed by atoms with E-state index in [1.165, 1.54) is 4.90 Å². The fraction of sp³-hybridized carbons (Fsp3) is 0.667. The van der Waals surface area contributed by atoms with Crippen LogP contribution in [-0.2, 0) is 17.8 Å². The number of amides is 1. The van der Waals surface area contributed by atoms with Crippen molar-refractivity contribution in [2.24, 2.45) is 5.41 Å². The van der Waals surface area contributed by atoms with Crippen molar-refractivity contribution in [1.29, 1.82) is 0 Å². The lowest BCUT2D eigenvalue weighted by Gasteiger charge is -2.43. The van der Waals surface area contributed by atoms with Gasteiger partial charge in [-0.05, 0) is 51.7 Å². The summed E-state index contributed by atoms with van der Waals surface area (Å²) in [5.74, 6) is 0.678. The van der Waals surface area contributed by atoms with Gasteiger partial charge in [-0.25, -0.2) is 4.79 Å². The van der Waals surface area contributed by atoms with Crippen LogP contribution < -0.4 is 9.46 Å². The van der Waals surface area contributed by atoms with Crippen LogP contribution in [-0.4, -0.2) is 50.6 Å². The summed E-state index contributed by atoms with van der Waals surface area (Å²) in [6.07, 6.45) is 3.03. The second-order valence-corrected chi connectivity index (χ2v) is 10.1. The number of fused-ring (bicyclic) bond motifs is 1. The molecular formula is C18H27N3O4S. The van der Waals surface area contributed by atoms with Gasteiger partial charge in [0.1, 0.15) is 10.5 Å². The number of ether oxygens (including phenoxy) is 1. The molecule has 2 N–H and O–H groups in total. The van der Waals surface area contributed by atoms with E-state index in [0.29, 0.717) is 18.8 Å². The molecular weight excluding hydrogens is 354 g/mol. The minimum absolute atomic E-state index is 0.129. The van der Waals surface area contributed by atoms with E-state index in [0.717, 1.165) is 30.5 Å². The average molecular weight is 381 g/mol. The molecule has 0 unspecified atom stereocenters. The van der Waals surface area contributed by atoms with Crippen LogP contribution in [0.3, 0.4) is 0 Å². The molecule has 1 spiro atoms. The van der Waals surface area contributed by atoms with E-state index in [1.807, 2.05) is 26.8 Å². The largest absolute Gasteiger partial charge is 0.598 e. The number of carbonyl (C=O) groups is 1. The van der Waals surface area contributed by atoms with Crippen molar-refractivity contribution in [2.45, 2.75) is 50.8 Å². The van der Waals surface area contributed by atoms with Crippen molar-refractivity contribution in [3.8, 4) is 5.75 Å². The molecule has 0 radical (unpaired) electrons. The first-order chi connectivity index (χ1) is 12.2. The summed E-state index contributed by atoms with van der Waals surface area (Å²) in [5.41, 5.74) is 1.83. The molecule has 0 bridgehead atoms. The van der Waals surface area contributed by atoms with Gasteiger partial charge in [0.2, 0.25) is 0 Å². The highest BCUT2D eigenvalue weighted by Crippen LogP contribution is 2.52. The molecule has 8 heteroatoms. The summed E-state index contributed by atoms with van der Waals surface area (Å²) in [6, 6.07) is 1.84. The fourth-order valence-electron chi connectivity index (χ4n) is 3.85. The predicted molar refractivity (Wildman–Crippen MR) is 99.5 cm³/mol. The second-order valence-electron chi connectivity index (χ2n) is 8.15. The monoisotopic (exact) mass is 381 g/mol. The van der Waals surface area contributed by atoms with Crippen molar-refractivity contribution in [1.82, 2.24) is 14.6 Å². The first-order valence-electron chi connectivity index (χ1n) is 8.85. The molecule has 0 aromatic carbocycles. The highest BCUT2D eigenvalue weighted by atomic mass is 32.2. The number of nitrogens with one attached hydrogen (secondary N) is 1. The van der Waals surface area contributed by atoms with E-state index in [9.17, 15) is 14.5 Å². The van der Waals surface area contributed by atoms with Crippen LogP contribution in [0.15, 0.2) is 12.3 Å². The Balaban J connectivity index is 1.92. The van der Waals surface area contributed by atoms with Crippen LogP contribution in [0.2, 0.25) is 0 Å². The van der Waals surface area contributed by atoms with Crippen LogP contribution in [0.5, 0.6) is 5.75 Å². The number of carboxylic acid groups (broad SMARTS) is 1. The van der Waals surface area contributed by atoms with E-state index in [-0.39, 0.29) is 11.5 Å². The van der Waals surface area contributed by atoms with Crippen molar-refractivity contribution < 1.29 is 19.2 Å². The number of rotatable bonds is 3. The second kappa shape index (κ2) is 6.90. The Morgan fingerprint density at radius 1 is 1.46 bits per heavy atom. The molecule has 0 saturated carbocycles. The minimum atomic E-state index is -1.24. The van der Waals surface area contributed by atoms with Crippen LogP contribution in [0, 0.1) is 5.41 Å². The van der Waals surface area contributed by atoms with Crippen molar-refractivity contribution >= 4 is 17.5 Å². The Kier molecular flexibility index (Phi) is 5.11. The number of nitrogens with zero attached hydrogens (tertiary/aromatic N) is 2. The molecule has 1 aromatic rings. The van der Waals surface area contributed by atoms with E-state index < -0.39 is 22.2 Å². The Hall–Kier alpha value is -1.51. The molecule has 2 aliphatic rings. The molecule has 2 atom stereocenters. The Morgan fingerprint density at radius 3 is 2.65 bits per heavy atom. The van der Waals surface area contributed by atoms with Crippen LogP contribution in [0.4, 0.5) is 4.79 Å². The summed E-state index contributed by atoms with van der Waals surface area (Å²) < 4.78 is 21.1. The molecule has 1 aliphatic heterocycles. The molecule has 26 heavy (non-hydrogen) atoms. The highest BCUT2D eigenvalue weighted by molar-refractivity contribution is 7.90. The van der Waals surface area contributed by atoms with Crippen LogP contribution in [0.25, 0.3) is 0 Å². The molecule has 7 nitrogen and oxygen atoms in total. The molecule has 2 heterocycles. The van der Waals surface area contributed by atoms with Gasteiger partial charge >= 0.3 is 6.09 Å². The number of methoxy groups -OCH3 is 1. The summed E-state index contributed by atoms with van der Waals surface area (Å²) in [7, 11) is 1.61. The highest BCUT2D eigenvalue weighted by Gasteiger charge is 2.51. The lowest BCUT2D eigenvalue weighted by molar-refractivity contribution is 0.0762. The van der Waals surface area contributed by atoms with Gasteiger partial charge in [0.05, 0.1) is 19.3 Å². The Bertz CT molecular complexity index is 684. The van der Waals surface area contributed by atoms with Gasteiger partial charge in [0.25, 0.3) is 0 Å². The number of aromatic nitrogens is 1. The zero-order chi connectivity index (χ0) is 19.1. The van der Waals surface area contributed by atoms with E-state index in [2.05, 4.69) is 9.71 Å². The quantitative estimate of drug-likeness (QED) is 0.781. The van der Waals surface area contributed by atoms with Crippen molar-refractivity contribution in [2.75, 3.05) is 20.2 Å². The van der Waals surface area contributed by atoms with Crippen molar-refractivity contribution in [3.63, 3.8) is 0 Å².